The van der Waals surface area contributed by atoms with Crippen LogP contribution < -0.4 is 9.47 Å². The molecule has 0 saturated heterocycles. The third-order valence-corrected chi connectivity index (χ3v) is 4.17. The summed E-state index contributed by atoms with van der Waals surface area (Å²) in [5, 5.41) is 0. The second-order valence-corrected chi connectivity index (χ2v) is 6.16. The van der Waals surface area contributed by atoms with Gasteiger partial charge in [0.2, 0.25) is 0 Å². The Hall–Kier alpha value is -2.82. The Balaban J connectivity index is 2.08. The van der Waals surface area contributed by atoms with Crippen molar-refractivity contribution in [2.24, 2.45) is 4.99 Å². The Kier molecular flexibility index (Phi) is 6.78. The number of nitrogens with zero attached hydrogens (tertiary/aromatic N) is 2. The monoisotopic (exact) mass is 354 g/mol. The van der Waals surface area contributed by atoms with Crippen LogP contribution in [-0.4, -0.2) is 44.3 Å². The second kappa shape index (κ2) is 9.04. The lowest BCUT2D eigenvalue weighted by Crippen LogP contribution is -2.14. The molecule has 0 radical (unpaired) electrons. The summed E-state index contributed by atoms with van der Waals surface area (Å²) < 4.78 is 10.7. The van der Waals surface area contributed by atoms with E-state index >= 15 is 0 Å². The van der Waals surface area contributed by atoms with Gasteiger partial charge in [0.25, 0.3) is 0 Å². The van der Waals surface area contributed by atoms with Crippen molar-refractivity contribution in [3.63, 3.8) is 0 Å². The third kappa shape index (κ3) is 5.09. The minimum absolute atomic E-state index is 0.00615. The molecule has 138 valence electrons. The maximum absolute atomic E-state index is 12.5. The van der Waals surface area contributed by atoms with Gasteiger partial charge >= 0.3 is 0 Å². The van der Waals surface area contributed by atoms with Crippen molar-refractivity contribution in [2.75, 3.05) is 27.3 Å². The molecule has 0 saturated carbocycles. The summed E-state index contributed by atoms with van der Waals surface area (Å²) >= 11 is 0. The van der Waals surface area contributed by atoms with Gasteiger partial charge in [0, 0.05) is 19.2 Å². The SMILES string of the molecule is CCN(C)C=Nc1cc(C)c(C(=O)COc2ccc(OC)cc2)cc1C. The molecule has 0 bridgehead atoms. The van der Waals surface area contributed by atoms with E-state index < -0.39 is 0 Å². The van der Waals surface area contributed by atoms with Crippen LogP contribution in [0.15, 0.2) is 41.4 Å². The molecule has 0 aliphatic carbocycles. The molecule has 0 amide bonds. The topological polar surface area (TPSA) is 51.1 Å². The number of aryl methyl sites for hydroxylation is 2. The molecule has 0 unspecified atom stereocenters. The zero-order valence-corrected chi connectivity index (χ0v) is 16.1. The van der Waals surface area contributed by atoms with E-state index in [1.54, 1.807) is 37.7 Å². The number of carbonyl (C=O) groups is 1. The molecule has 0 aliphatic rings. The summed E-state index contributed by atoms with van der Waals surface area (Å²) in [6, 6.07) is 11.0. The summed E-state index contributed by atoms with van der Waals surface area (Å²) in [4.78, 5) is 19.0. The number of benzene rings is 2. The Labute approximate surface area is 155 Å². The number of rotatable bonds is 8. The Morgan fingerprint density at radius 3 is 2.38 bits per heavy atom. The minimum atomic E-state index is -0.0531. The van der Waals surface area contributed by atoms with Crippen LogP contribution in [0, 0.1) is 13.8 Å². The first-order chi connectivity index (χ1) is 12.4. The fourth-order valence-electron chi connectivity index (χ4n) is 2.38. The van der Waals surface area contributed by atoms with Gasteiger partial charge in [-0.3, -0.25) is 4.79 Å². The van der Waals surface area contributed by atoms with E-state index in [1.165, 1.54) is 0 Å². The van der Waals surface area contributed by atoms with E-state index in [0.29, 0.717) is 11.3 Å². The highest BCUT2D eigenvalue weighted by Gasteiger charge is 2.12. The van der Waals surface area contributed by atoms with Gasteiger partial charge in [0.15, 0.2) is 12.4 Å². The number of hydrogen-bond donors (Lipinski definition) is 0. The van der Waals surface area contributed by atoms with Crippen molar-refractivity contribution >= 4 is 17.8 Å². The molecular formula is C21H26N2O3. The van der Waals surface area contributed by atoms with Crippen molar-refractivity contribution in [3.05, 3.63) is 53.1 Å². The lowest BCUT2D eigenvalue weighted by molar-refractivity contribution is 0.0921. The first kappa shape index (κ1) is 19.5. The van der Waals surface area contributed by atoms with Crippen LogP contribution in [-0.2, 0) is 0 Å². The maximum Gasteiger partial charge on any atom is 0.200 e. The number of ether oxygens (including phenoxy) is 2. The highest BCUT2D eigenvalue weighted by atomic mass is 16.5. The summed E-state index contributed by atoms with van der Waals surface area (Å²) in [5.74, 6) is 1.33. The first-order valence-corrected chi connectivity index (χ1v) is 8.60. The number of hydrogen-bond acceptors (Lipinski definition) is 4. The molecular weight excluding hydrogens is 328 g/mol. The number of methoxy groups -OCH3 is 1. The molecule has 5 nitrogen and oxygen atoms in total. The van der Waals surface area contributed by atoms with E-state index in [4.69, 9.17) is 9.47 Å². The summed E-state index contributed by atoms with van der Waals surface area (Å²) in [6.45, 7) is 6.82. The normalized spacial score (nSPS) is 10.8. The summed E-state index contributed by atoms with van der Waals surface area (Å²) in [6.07, 6.45) is 1.80. The van der Waals surface area contributed by atoms with Crippen LogP contribution >= 0.6 is 0 Å². The summed E-state index contributed by atoms with van der Waals surface area (Å²) in [7, 11) is 3.58. The molecule has 26 heavy (non-hydrogen) atoms. The number of Topliss-reactive ketones (excluding diaryl/α,β-unsaturated/α-hetero) is 1. The van der Waals surface area contributed by atoms with E-state index in [9.17, 15) is 4.79 Å². The molecule has 2 aromatic carbocycles. The molecule has 2 aromatic rings. The molecule has 0 atom stereocenters. The van der Waals surface area contributed by atoms with E-state index in [-0.39, 0.29) is 12.4 Å². The second-order valence-electron chi connectivity index (χ2n) is 6.16. The average Bonchev–Trinajstić information content (AvgIpc) is 2.66. The first-order valence-electron chi connectivity index (χ1n) is 8.60. The number of aliphatic imine (C=N–C) groups is 1. The minimum Gasteiger partial charge on any atom is -0.497 e. The van der Waals surface area contributed by atoms with Gasteiger partial charge in [-0.2, -0.15) is 0 Å². The quantitative estimate of drug-likeness (QED) is 0.405. The molecule has 5 heteroatoms. The van der Waals surface area contributed by atoms with E-state index in [1.807, 2.05) is 37.9 Å². The van der Waals surface area contributed by atoms with Gasteiger partial charge in [0.05, 0.1) is 19.1 Å². The third-order valence-electron chi connectivity index (χ3n) is 4.17. The van der Waals surface area contributed by atoms with Gasteiger partial charge < -0.3 is 14.4 Å². The fraction of sp³-hybridized carbons (Fsp3) is 0.333. The van der Waals surface area contributed by atoms with Gasteiger partial charge in [-0.05, 0) is 68.3 Å². The Morgan fingerprint density at radius 1 is 1.12 bits per heavy atom. The van der Waals surface area contributed by atoms with Crippen molar-refractivity contribution in [1.82, 2.24) is 4.90 Å². The molecule has 0 N–H and O–H groups in total. The predicted octanol–water partition coefficient (Wildman–Crippen LogP) is 4.19. The van der Waals surface area contributed by atoms with Crippen molar-refractivity contribution in [2.45, 2.75) is 20.8 Å². The van der Waals surface area contributed by atoms with Crippen LogP contribution in [0.4, 0.5) is 5.69 Å². The van der Waals surface area contributed by atoms with Crippen LogP contribution in [0.3, 0.4) is 0 Å². The smallest absolute Gasteiger partial charge is 0.200 e. The van der Waals surface area contributed by atoms with E-state index in [2.05, 4.69) is 11.9 Å². The Morgan fingerprint density at radius 2 is 1.77 bits per heavy atom. The van der Waals surface area contributed by atoms with Crippen molar-refractivity contribution in [3.8, 4) is 11.5 Å². The lowest BCUT2D eigenvalue weighted by atomic mass is 10.0. The largest absolute Gasteiger partial charge is 0.497 e. The van der Waals surface area contributed by atoms with Gasteiger partial charge in [-0.25, -0.2) is 4.99 Å². The number of carbonyl (C=O) groups excluding carboxylic acids is 1. The lowest BCUT2D eigenvalue weighted by Gasteiger charge is -2.12. The molecule has 0 aliphatic heterocycles. The Bertz CT molecular complexity index is 783. The van der Waals surface area contributed by atoms with Crippen molar-refractivity contribution < 1.29 is 14.3 Å². The van der Waals surface area contributed by atoms with Gasteiger partial charge in [0.1, 0.15) is 11.5 Å². The molecule has 2 rings (SSSR count). The molecule has 0 heterocycles. The van der Waals surface area contributed by atoms with Crippen LogP contribution in [0.1, 0.15) is 28.4 Å². The highest BCUT2D eigenvalue weighted by Crippen LogP contribution is 2.24. The van der Waals surface area contributed by atoms with Crippen LogP contribution in [0.5, 0.6) is 11.5 Å². The van der Waals surface area contributed by atoms with Crippen LogP contribution in [0.25, 0.3) is 0 Å². The van der Waals surface area contributed by atoms with Crippen LogP contribution in [0.2, 0.25) is 0 Å². The van der Waals surface area contributed by atoms with Gasteiger partial charge in [-0.15, -0.1) is 0 Å². The fourth-order valence-corrected chi connectivity index (χ4v) is 2.38. The zero-order chi connectivity index (χ0) is 19.1. The maximum atomic E-state index is 12.5. The average molecular weight is 354 g/mol. The summed E-state index contributed by atoms with van der Waals surface area (Å²) in [5.41, 5.74) is 3.39. The molecule has 0 fully saturated rings. The standard InChI is InChI=1S/C21H26N2O3/c1-6-23(4)14-22-20-12-15(2)19(11-16(20)3)21(24)13-26-18-9-7-17(25-5)8-10-18/h7-12,14H,6,13H2,1-5H3. The predicted molar refractivity (Wildman–Crippen MR) is 105 cm³/mol. The number of ketones is 1. The molecule has 0 aromatic heterocycles. The zero-order valence-electron chi connectivity index (χ0n) is 16.1. The van der Waals surface area contributed by atoms with Gasteiger partial charge in [-0.1, -0.05) is 0 Å². The molecule has 0 spiro atoms. The van der Waals surface area contributed by atoms with Crippen molar-refractivity contribution in [1.29, 1.82) is 0 Å². The highest BCUT2D eigenvalue weighted by molar-refractivity contribution is 5.99. The van der Waals surface area contributed by atoms with E-state index in [0.717, 1.165) is 29.1 Å².